The van der Waals surface area contributed by atoms with E-state index in [1.165, 1.54) is 5.56 Å². The van der Waals surface area contributed by atoms with Crippen molar-refractivity contribution in [3.8, 4) is 5.75 Å². The van der Waals surface area contributed by atoms with Crippen LogP contribution in [-0.4, -0.2) is 13.2 Å². The van der Waals surface area contributed by atoms with Crippen molar-refractivity contribution in [3.63, 3.8) is 0 Å². The van der Waals surface area contributed by atoms with Crippen molar-refractivity contribution < 1.29 is 4.74 Å². The van der Waals surface area contributed by atoms with Gasteiger partial charge in [0.1, 0.15) is 0 Å². The van der Waals surface area contributed by atoms with Crippen LogP contribution in [0.1, 0.15) is 51.7 Å². The van der Waals surface area contributed by atoms with Gasteiger partial charge in [0.25, 0.3) is 5.43 Å². The molecule has 26 heavy (non-hydrogen) atoms. The molecule has 1 heterocycles. The van der Waals surface area contributed by atoms with Crippen LogP contribution in [0.4, 0.5) is 5.69 Å². The summed E-state index contributed by atoms with van der Waals surface area (Å²) in [5.74, 6) is 0.202. The molecule has 1 aliphatic rings. The largest absolute Gasteiger partial charge is 0.489 e. The summed E-state index contributed by atoms with van der Waals surface area (Å²) < 4.78 is 6.44. The topological polar surface area (TPSA) is 46.6 Å². The maximum absolute atomic E-state index is 12.1. The lowest BCUT2D eigenvalue weighted by atomic mass is 9.83. The number of ether oxygens (including phenoxy) is 1. The molecule has 1 aliphatic heterocycles. The third-order valence-corrected chi connectivity index (χ3v) is 5.55. The number of fused-ring (bicyclic) bond motifs is 1. The summed E-state index contributed by atoms with van der Waals surface area (Å²) >= 11 is 3.57. The molecule has 0 amide bonds. The predicted octanol–water partition coefficient (Wildman–Crippen LogP) is 4.38. The Bertz CT molecular complexity index is 935. The molecule has 0 aromatic heterocycles. The van der Waals surface area contributed by atoms with Crippen LogP contribution in [-0.2, 0) is 5.41 Å². The first kappa shape index (κ1) is 18.9. The molecule has 3 rings (SSSR count). The molecule has 4 nitrogen and oxygen atoms in total. The second-order valence-electron chi connectivity index (χ2n) is 7.16. The standard InChI is InChI=1S/C21H24BrNO3/c1-5-7-10-23-16-9-8-13(22)11-15(16)21(3,4)17(23)12-14-18(24)19(25)20(14)26-6-2/h8-9,11-12H,5-7,10H2,1-4H3. The average Bonchev–Trinajstić information content (AvgIpc) is 2.82. The molecule has 0 radical (unpaired) electrons. The fourth-order valence-electron chi connectivity index (χ4n) is 3.61. The van der Waals surface area contributed by atoms with Crippen molar-refractivity contribution in [2.75, 3.05) is 18.1 Å². The van der Waals surface area contributed by atoms with E-state index in [4.69, 9.17) is 4.74 Å². The molecule has 2 aromatic rings. The van der Waals surface area contributed by atoms with E-state index in [-0.39, 0.29) is 11.2 Å². The molecule has 5 heteroatoms. The number of anilines is 1. The predicted molar refractivity (Wildman–Crippen MR) is 110 cm³/mol. The highest BCUT2D eigenvalue weighted by Gasteiger charge is 2.40. The van der Waals surface area contributed by atoms with Gasteiger partial charge in [-0.05, 0) is 43.2 Å². The number of hydrogen-bond donors (Lipinski definition) is 0. The first-order valence-electron chi connectivity index (χ1n) is 9.08. The highest BCUT2D eigenvalue weighted by Crippen LogP contribution is 2.49. The van der Waals surface area contributed by atoms with E-state index in [2.05, 4.69) is 53.7 Å². The van der Waals surface area contributed by atoms with E-state index in [0.29, 0.717) is 12.2 Å². The maximum atomic E-state index is 12.1. The quantitative estimate of drug-likeness (QED) is 0.654. The van der Waals surface area contributed by atoms with Crippen molar-refractivity contribution in [1.29, 1.82) is 0 Å². The van der Waals surface area contributed by atoms with Crippen LogP contribution in [0.15, 0.2) is 38.0 Å². The molecule has 0 aliphatic carbocycles. The summed E-state index contributed by atoms with van der Waals surface area (Å²) in [6.45, 7) is 9.53. The van der Waals surface area contributed by atoms with Crippen molar-refractivity contribution in [3.05, 3.63) is 59.9 Å². The highest BCUT2D eigenvalue weighted by atomic mass is 79.9. The van der Waals surface area contributed by atoms with E-state index in [9.17, 15) is 9.59 Å². The Morgan fingerprint density at radius 1 is 1.19 bits per heavy atom. The van der Waals surface area contributed by atoms with Crippen molar-refractivity contribution in [2.24, 2.45) is 0 Å². The van der Waals surface area contributed by atoms with Gasteiger partial charge in [0.15, 0.2) is 5.75 Å². The summed E-state index contributed by atoms with van der Waals surface area (Å²) in [5.41, 5.74) is 2.57. The zero-order valence-electron chi connectivity index (χ0n) is 15.7. The zero-order valence-corrected chi connectivity index (χ0v) is 17.3. The molecular weight excluding hydrogens is 394 g/mol. The minimum atomic E-state index is -0.519. The van der Waals surface area contributed by atoms with Crippen LogP contribution in [0.5, 0.6) is 5.75 Å². The van der Waals surface area contributed by atoms with Crippen LogP contribution in [0.2, 0.25) is 0 Å². The fourth-order valence-corrected chi connectivity index (χ4v) is 3.97. The lowest BCUT2D eigenvalue weighted by molar-refractivity contribution is 0.332. The average molecular weight is 418 g/mol. The van der Waals surface area contributed by atoms with Gasteiger partial charge < -0.3 is 9.64 Å². The second-order valence-corrected chi connectivity index (χ2v) is 8.07. The molecule has 0 saturated carbocycles. The number of unbranched alkanes of at least 4 members (excludes halogenated alkanes) is 1. The van der Waals surface area contributed by atoms with Crippen LogP contribution in [0.3, 0.4) is 0 Å². The third-order valence-electron chi connectivity index (χ3n) is 5.06. The van der Waals surface area contributed by atoms with E-state index in [0.717, 1.165) is 35.2 Å². The van der Waals surface area contributed by atoms with Gasteiger partial charge in [-0.2, -0.15) is 0 Å². The zero-order chi connectivity index (χ0) is 19.1. The number of hydrogen-bond acceptors (Lipinski definition) is 4. The van der Waals surface area contributed by atoms with Gasteiger partial charge in [0.2, 0.25) is 5.43 Å². The van der Waals surface area contributed by atoms with Gasteiger partial charge in [-0.25, -0.2) is 0 Å². The molecule has 0 bridgehead atoms. The minimum absolute atomic E-state index is 0.202. The minimum Gasteiger partial charge on any atom is -0.489 e. The van der Waals surface area contributed by atoms with E-state index in [1.807, 2.05) is 19.1 Å². The lowest BCUT2D eigenvalue weighted by Crippen LogP contribution is -2.36. The maximum Gasteiger partial charge on any atom is 0.268 e. The fraction of sp³-hybridized carbons (Fsp3) is 0.429. The Morgan fingerprint density at radius 2 is 1.92 bits per heavy atom. The second kappa shape index (κ2) is 7.03. The molecule has 0 spiro atoms. The number of allylic oxidation sites excluding steroid dienone is 1. The van der Waals surface area contributed by atoms with Crippen LogP contribution in [0, 0.1) is 0 Å². The van der Waals surface area contributed by atoms with Crippen LogP contribution < -0.4 is 20.5 Å². The molecule has 0 atom stereocenters. The lowest BCUT2D eigenvalue weighted by Gasteiger charge is -2.27. The smallest absolute Gasteiger partial charge is 0.268 e. The molecule has 2 aromatic carbocycles. The van der Waals surface area contributed by atoms with Gasteiger partial charge in [0.05, 0.1) is 12.2 Å². The number of nitrogens with zero attached hydrogens (tertiary/aromatic N) is 1. The number of halogens is 1. The molecule has 0 fully saturated rings. The molecular formula is C21H24BrNO3. The third kappa shape index (κ3) is 2.92. The molecule has 0 N–H and O–H groups in total. The van der Waals surface area contributed by atoms with Crippen molar-refractivity contribution in [2.45, 2.75) is 46.0 Å². The Balaban J connectivity index is 2.14. The normalized spacial score (nSPS) is 17.1. The van der Waals surface area contributed by atoms with E-state index >= 15 is 0 Å². The first-order valence-corrected chi connectivity index (χ1v) is 9.88. The highest BCUT2D eigenvalue weighted by molar-refractivity contribution is 9.10. The monoisotopic (exact) mass is 417 g/mol. The Morgan fingerprint density at radius 3 is 2.58 bits per heavy atom. The molecule has 138 valence electrons. The summed E-state index contributed by atoms with van der Waals surface area (Å²) in [6.07, 6.45) is 3.99. The van der Waals surface area contributed by atoms with Crippen LogP contribution >= 0.6 is 15.9 Å². The van der Waals surface area contributed by atoms with E-state index in [1.54, 1.807) is 0 Å². The molecule has 0 unspecified atom stereocenters. The summed E-state index contributed by atoms with van der Waals surface area (Å²) in [7, 11) is 0. The first-order chi connectivity index (χ1) is 12.3. The Kier molecular flexibility index (Phi) is 5.11. The Labute approximate surface area is 162 Å². The van der Waals surface area contributed by atoms with Gasteiger partial charge in [-0.15, -0.1) is 0 Å². The molecule has 0 saturated heterocycles. The summed E-state index contributed by atoms with van der Waals surface area (Å²) in [4.78, 5) is 26.2. The number of rotatable bonds is 6. The van der Waals surface area contributed by atoms with Gasteiger partial charge in [-0.1, -0.05) is 43.1 Å². The Hall–Kier alpha value is -1.88. The summed E-state index contributed by atoms with van der Waals surface area (Å²) in [6, 6.07) is 6.30. The van der Waals surface area contributed by atoms with Crippen molar-refractivity contribution in [1.82, 2.24) is 0 Å². The summed E-state index contributed by atoms with van der Waals surface area (Å²) in [5, 5.41) is 0. The van der Waals surface area contributed by atoms with Crippen LogP contribution in [0.25, 0.3) is 6.08 Å². The van der Waals surface area contributed by atoms with Crippen molar-refractivity contribution >= 4 is 27.7 Å². The van der Waals surface area contributed by atoms with Gasteiger partial charge >= 0.3 is 0 Å². The van der Waals surface area contributed by atoms with Gasteiger partial charge in [0, 0.05) is 27.8 Å². The SMILES string of the molecule is CCCCN1C(=Cc2c(OCC)c(=O)c2=O)C(C)(C)c2cc(Br)ccc21. The van der Waals surface area contributed by atoms with E-state index < -0.39 is 10.9 Å². The number of benzene rings is 1. The van der Waals surface area contributed by atoms with Gasteiger partial charge in [-0.3, -0.25) is 9.59 Å².